The van der Waals surface area contributed by atoms with Crippen molar-refractivity contribution < 1.29 is 14.6 Å². The molecule has 0 spiro atoms. The minimum absolute atomic E-state index is 0.00751. The van der Waals surface area contributed by atoms with Gasteiger partial charge in [0.1, 0.15) is 0 Å². The normalized spacial score (nSPS) is 11.0. The summed E-state index contributed by atoms with van der Waals surface area (Å²) in [5.74, 6) is 0.0908. The monoisotopic (exact) mass is 518 g/mol. The fourth-order valence-electron chi connectivity index (χ4n) is 3.54. The van der Waals surface area contributed by atoms with Gasteiger partial charge in [0.15, 0.2) is 11.5 Å². The molecule has 0 aliphatic carbocycles. The lowest BCUT2D eigenvalue weighted by molar-refractivity contribution is -0.121. The Morgan fingerprint density at radius 2 is 1.79 bits per heavy atom. The second-order valence-electron chi connectivity index (χ2n) is 7.46. The molecule has 0 aliphatic rings. The van der Waals surface area contributed by atoms with Crippen LogP contribution in [0.25, 0.3) is 22.5 Å². The van der Waals surface area contributed by atoms with Crippen molar-refractivity contribution >= 4 is 28.1 Å². The first-order chi connectivity index (χ1) is 16.6. The van der Waals surface area contributed by atoms with Gasteiger partial charge in [0, 0.05) is 24.1 Å². The predicted octanol–water partition coefficient (Wildman–Crippen LogP) is 5.23. The third-order valence-corrected chi connectivity index (χ3v) is 5.79. The number of phenolic OH excluding ortho intramolecular Hbond substituents is 1. The molecule has 2 N–H and O–H groups in total. The first-order valence-corrected chi connectivity index (χ1v) is 11.4. The number of aromatic nitrogens is 2. The van der Waals surface area contributed by atoms with E-state index in [-0.39, 0.29) is 18.1 Å². The van der Waals surface area contributed by atoms with E-state index in [1.54, 1.807) is 18.5 Å². The van der Waals surface area contributed by atoms with Gasteiger partial charge in [0.25, 0.3) is 0 Å². The molecule has 7 nitrogen and oxygen atoms in total. The molecule has 0 bridgehead atoms. The number of nitrogens with zero attached hydrogens (tertiary/aromatic N) is 3. The molecule has 1 heterocycles. The molecule has 3 aromatic carbocycles. The molecule has 0 radical (unpaired) electrons. The van der Waals surface area contributed by atoms with E-state index in [2.05, 4.69) is 31.4 Å². The third-order valence-electron chi connectivity index (χ3n) is 5.19. The fraction of sp³-hybridized carbons (Fsp3) is 0.115. The summed E-state index contributed by atoms with van der Waals surface area (Å²) in [6.45, 7) is 0.448. The molecule has 0 fully saturated rings. The van der Waals surface area contributed by atoms with Crippen molar-refractivity contribution in [3.05, 3.63) is 89.2 Å². The van der Waals surface area contributed by atoms with Crippen molar-refractivity contribution in [2.24, 2.45) is 5.10 Å². The minimum atomic E-state index is -0.227. The molecule has 4 aromatic rings. The summed E-state index contributed by atoms with van der Waals surface area (Å²) in [6, 6.07) is 23.3. The third kappa shape index (κ3) is 5.35. The number of aromatic hydroxyl groups is 1. The van der Waals surface area contributed by atoms with Crippen molar-refractivity contribution in [1.82, 2.24) is 15.0 Å². The van der Waals surface area contributed by atoms with E-state index >= 15 is 0 Å². The number of carbonyl (C=O) groups excluding carboxylic acids is 1. The molecule has 1 amide bonds. The highest BCUT2D eigenvalue weighted by molar-refractivity contribution is 9.10. The van der Waals surface area contributed by atoms with E-state index in [4.69, 9.17) is 4.74 Å². The van der Waals surface area contributed by atoms with Crippen LogP contribution in [0.1, 0.15) is 12.0 Å². The molecule has 0 atom stereocenters. The maximum atomic E-state index is 12.4. The highest BCUT2D eigenvalue weighted by Crippen LogP contribution is 2.34. The lowest BCUT2D eigenvalue weighted by Crippen LogP contribution is -2.19. The number of hydrazone groups is 1. The minimum Gasteiger partial charge on any atom is -0.503 e. The van der Waals surface area contributed by atoms with Crippen molar-refractivity contribution in [3.8, 4) is 34.0 Å². The quantitative estimate of drug-likeness (QED) is 0.246. The van der Waals surface area contributed by atoms with Gasteiger partial charge in [-0.05, 0) is 33.6 Å². The summed E-state index contributed by atoms with van der Waals surface area (Å²) < 4.78 is 7.59. The Hall–Kier alpha value is -3.91. The Bertz CT molecular complexity index is 1300. The van der Waals surface area contributed by atoms with Crippen LogP contribution in [0.2, 0.25) is 0 Å². The number of hydrogen-bond acceptors (Lipinski definition) is 5. The van der Waals surface area contributed by atoms with Crippen LogP contribution in [0.15, 0.2) is 88.7 Å². The van der Waals surface area contributed by atoms with E-state index in [1.165, 1.54) is 13.3 Å². The molecule has 34 heavy (non-hydrogen) atoms. The molecular weight excluding hydrogens is 496 g/mol. The van der Waals surface area contributed by atoms with Gasteiger partial charge in [-0.2, -0.15) is 5.10 Å². The van der Waals surface area contributed by atoms with E-state index in [0.717, 1.165) is 22.5 Å². The number of halogens is 1. The van der Waals surface area contributed by atoms with Crippen LogP contribution in [0.4, 0.5) is 0 Å². The number of carbonyl (C=O) groups is 1. The lowest BCUT2D eigenvalue weighted by atomic mass is 10.0. The maximum Gasteiger partial charge on any atom is 0.241 e. The number of ether oxygens (including phenoxy) is 1. The first kappa shape index (κ1) is 23.3. The summed E-state index contributed by atoms with van der Waals surface area (Å²) in [5, 5.41) is 13.9. The van der Waals surface area contributed by atoms with E-state index in [0.29, 0.717) is 22.3 Å². The van der Waals surface area contributed by atoms with Crippen molar-refractivity contribution in [2.75, 3.05) is 7.11 Å². The second-order valence-corrected chi connectivity index (χ2v) is 8.32. The van der Waals surface area contributed by atoms with E-state index in [9.17, 15) is 9.90 Å². The van der Waals surface area contributed by atoms with E-state index < -0.39 is 0 Å². The summed E-state index contributed by atoms with van der Waals surface area (Å²) in [5.41, 5.74) is 7.10. The number of benzene rings is 3. The number of amides is 1. The number of methoxy groups -OCH3 is 1. The summed E-state index contributed by atoms with van der Waals surface area (Å²) in [4.78, 5) is 17.1. The topological polar surface area (TPSA) is 88.7 Å². The Kier molecular flexibility index (Phi) is 7.39. The van der Waals surface area contributed by atoms with Gasteiger partial charge in [-0.3, -0.25) is 4.79 Å². The number of phenols is 1. The molecule has 4 rings (SSSR count). The zero-order valence-corrected chi connectivity index (χ0v) is 20.1. The van der Waals surface area contributed by atoms with Crippen molar-refractivity contribution in [1.29, 1.82) is 0 Å². The number of imidazole rings is 1. The summed E-state index contributed by atoms with van der Waals surface area (Å²) in [6.07, 6.45) is 3.48. The van der Waals surface area contributed by atoms with Crippen LogP contribution in [-0.4, -0.2) is 33.9 Å². The van der Waals surface area contributed by atoms with Crippen LogP contribution in [-0.2, 0) is 11.3 Å². The van der Waals surface area contributed by atoms with Gasteiger partial charge in [0.05, 0.1) is 35.5 Å². The maximum absolute atomic E-state index is 12.4. The first-order valence-electron chi connectivity index (χ1n) is 10.6. The molecule has 8 heteroatoms. The highest BCUT2D eigenvalue weighted by atomic mass is 79.9. The standard InChI is InChI=1S/C26H23BrN4O3/c1-34-22-15-18(14-21(27)26(22)33)16-29-30-23(32)12-13-31-17-28-24(19-8-4-2-5-9-19)25(31)20-10-6-3-7-11-20/h2-11,14-17,33H,12-13H2,1H3,(H,30,32)/b29-16-. The van der Waals surface area contributed by atoms with Crippen LogP contribution < -0.4 is 10.2 Å². The zero-order chi connectivity index (χ0) is 23.9. The average molecular weight is 519 g/mol. The van der Waals surface area contributed by atoms with Crippen LogP contribution in [0.5, 0.6) is 11.5 Å². The number of rotatable bonds is 8. The lowest BCUT2D eigenvalue weighted by Gasteiger charge is -2.10. The van der Waals surface area contributed by atoms with Crippen molar-refractivity contribution in [2.45, 2.75) is 13.0 Å². The van der Waals surface area contributed by atoms with Gasteiger partial charge in [-0.1, -0.05) is 60.7 Å². The molecule has 1 aromatic heterocycles. The van der Waals surface area contributed by atoms with Crippen LogP contribution in [0.3, 0.4) is 0 Å². The van der Waals surface area contributed by atoms with Gasteiger partial charge in [-0.15, -0.1) is 0 Å². The Labute approximate surface area is 205 Å². The molecule has 0 unspecified atom stereocenters. The second kappa shape index (κ2) is 10.8. The largest absolute Gasteiger partial charge is 0.503 e. The highest BCUT2D eigenvalue weighted by Gasteiger charge is 2.15. The summed E-state index contributed by atoms with van der Waals surface area (Å²) in [7, 11) is 1.47. The Morgan fingerprint density at radius 1 is 1.12 bits per heavy atom. The smallest absolute Gasteiger partial charge is 0.241 e. The van der Waals surface area contributed by atoms with Crippen LogP contribution >= 0.6 is 15.9 Å². The molecule has 0 saturated carbocycles. The summed E-state index contributed by atoms with van der Waals surface area (Å²) >= 11 is 3.27. The predicted molar refractivity (Wildman–Crippen MR) is 136 cm³/mol. The fourth-order valence-corrected chi connectivity index (χ4v) is 4.00. The SMILES string of the molecule is COc1cc(/C=N\NC(=O)CCn2cnc(-c3ccccc3)c2-c2ccccc2)cc(Br)c1O. The molecular formula is C26H23BrN4O3. The molecule has 172 valence electrons. The van der Waals surface area contributed by atoms with Crippen molar-refractivity contribution in [3.63, 3.8) is 0 Å². The van der Waals surface area contributed by atoms with Gasteiger partial charge in [-0.25, -0.2) is 10.4 Å². The Balaban J connectivity index is 1.47. The van der Waals surface area contributed by atoms with Gasteiger partial charge < -0.3 is 14.4 Å². The molecule has 0 saturated heterocycles. The number of nitrogens with one attached hydrogen (secondary N) is 1. The number of hydrogen-bond donors (Lipinski definition) is 2. The average Bonchev–Trinajstić information content (AvgIpc) is 3.30. The zero-order valence-electron chi connectivity index (χ0n) is 18.5. The van der Waals surface area contributed by atoms with E-state index in [1.807, 2.05) is 65.2 Å². The Morgan fingerprint density at radius 3 is 2.47 bits per heavy atom. The number of aryl methyl sites for hydroxylation is 1. The van der Waals surface area contributed by atoms with Crippen LogP contribution in [0, 0.1) is 0 Å². The molecule has 0 aliphatic heterocycles. The van der Waals surface area contributed by atoms with Gasteiger partial charge >= 0.3 is 0 Å². The van der Waals surface area contributed by atoms with Gasteiger partial charge in [0.2, 0.25) is 5.91 Å².